The van der Waals surface area contributed by atoms with Crippen LogP contribution < -0.4 is 4.74 Å². The fraction of sp³-hybridized carbons (Fsp3) is 0.300. The molecule has 1 atom stereocenters. The number of aromatic carboxylic acids is 1. The third kappa shape index (κ3) is 3.55. The van der Waals surface area contributed by atoms with Gasteiger partial charge in [-0.25, -0.2) is 4.79 Å². The molecule has 0 aliphatic heterocycles. The van der Waals surface area contributed by atoms with Gasteiger partial charge in [0.15, 0.2) is 0 Å². The average molecular weight is 318 g/mol. The monoisotopic (exact) mass is 316 g/mol. The standard InChI is InChI=1S/C10H8Cl4O3/c1-17-7-3-2-5(9(15)16)4-6(7)8(11)10(12,13)14/h2-4,8H,1H3,(H,15,16). The van der Waals surface area contributed by atoms with Crippen LogP contribution in [0.25, 0.3) is 0 Å². The molecule has 1 N–H and O–H groups in total. The molecule has 0 aromatic heterocycles. The van der Waals surface area contributed by atoms with Gasteiger partial charge >= 0.3 is 5.97 Å². The molecule has 0 saturated heterocycles. The van der Waals surface area contributed by atoms with Gasteiger partial charge in [0, 0.05) is 5.56 Å². The minimum atomic E-state index is -1.76. The van der Waals surface area contributed by atoms with Crippen LogP contribution in [0.15, 0.2) is 18.2 Å². The fourth-order valence-corrected chi connectivity index (χ4v) is 1.76. The number of alkyl halides is 4. The van der Waals surface area contributed by atoms with E-state index in [-0.39, 0.29) is 5.56 Å². The lowest BCUT2D eigenvalue weighted by atomic mass is 10.1. The van der Waals surface area contributed by atoms with Crippen molar-refractivity contribution in [3.8, 4) is 5.75 Å². The summed E-state index contributed by atoms with van der Waals surface area (Å²) < 4.78 is 3.29. The zero-order valence-corrected chi connectivity index (χ0v) is 11.6. The number of benzene rings is 1. The van der Waals surface area contributed by atoms with Crippen LogP contribution in [0.2, 0.25) is 0 Å². The molecule has 94 valence electrons. The maximum Gasteiger partial charge on any atom is 0.335 e. The van der Waals surface area contributed by atoms with E-state index in [2.05, 4.69) is 0 Å². The van der Waals surface area contributed by atoms with Crippen LogP contribution in [0.5, 0.6) is 5.75 Å². The topological polar surface area (TPSA) is 46.5 Å². The summed E-state index contributed by atoms with van der Waals surface area (Å²) in [6, 6.07) is 4.16. The van der Waals surface area contributed by atoms with Crippen LogP contribution in [0.1, 0.15) is 21.3 Å². The molecule has 1 rings (SSSR count). The third-order valence-corrected chi connectivity index (χ3v) is 3.59. The lowest BCUT2D eigenvalue weighted by Gasteiger charge is -2.20. The normalized spacial score (nSPS) is 13.2. The van der Waals surface area contributed by atoms with Gasteiger partial charge in [-0.2, -0.15) is 0 Å². The lowest BCUT2D eigenvalue weighted by molar-refractivity contribution is 0.0696. The molecule has 0 aliphatic carbocycles. The SMILES string of the molecule is COc1ccc(C(=O)O)cc1C(Cl)C(Cl)(Cl)Cl. The van der Waals surface area contributed by atoms with Crippen molar-refractivity contribution in [3.05, 3.63) is 29.3 Å². The second kappa shape index (κ2) is 5.53. The summed E-state index contributed by atoms with van der Waals surface area (Å²) in [5.41, 5.74) is 0.356. The number of ether oxygens (including phenoxy) is 1. The molecule has 1 aromatic carbocycles. The molecular formula is C10H8Cl4O3. The van der Waals surface area contributed by atoms with Crippen LogP contribution in [0.4, 0.5) is 0 Å². The number of carboxylic acid groups (broad SMARTS) is 1. The van der Waals surface area contributed by atoms with Gasteiger partial charge in [0.1, 0.15) is 11.1 Å². The predicted octanol–water partition coefficient (Wildman–Crippen LogP) is 4.04. The average Bonchev–Trinajstić information content (AvgIpc) is 2.25. The van der Waals surface area contributed by atoms with E-state index >= 15 is 0 Å². The van der Waals surface area contributed by atoms with E-state index in [1.165, 1.54) is 25.3 Å². The second-order valence-electron chi connectivity index (χ2n) is 3.17. The van der Waals surface area contributed by atoms with Crippen LogP contribution in [-0.2, 0) is 0 Å². The number of carboxylic acids is 1. The predicted molar refractivity (Wildman–Crippen MR) is 68.8 cm³/mol. The van der Waals surface area contributed by atoms with E-state index in [0.29, 0.717) is 11.3 Å². The van der Waals surface area contributed by atoms with E-state index in [1.54, 1.807) is 0 Å². The molecule has 0 spiro atoms. The summed E-state index contributed by atoms with van der Waals surface area (Å²) >= 11 is 23.0. The van der Waals surface area contributed by atoms with Crippen LogP contribution in [-0.4, -0.2) is 22.0 Å². The molecular weight excluding hydrogens is 310 g/mol. The first kappa shape index (κ1) is 14.7. The first-order valence-electron chi connectivity index (χ1n) is 4.39. The summed E-state index contributed by atoms with van der Waals surface area (Å²) in [5, 5.41) is 7.86. The Morgan fingerprint density at radius 1 is 1.41 bits per heavy atom. The molecule has 0 fully saturated rings. The van der Waals surface area contributed by atoms with Crippen molar-refractivity contribution in [3.63, 3.8) is 0 Å². The van der Waals surface area contributed by atoms with Crippen LogP contribution in [0, 0.1) is 0 Å². The zero-order chi connectivity index (χ0) is 13.2. The van der Waals surface area contributed by atoms with Crippen molar-refractivity contribution in [1.82, 2.24) is 0 Å². The highest BCUT2D eigenvalue weighted by atomic mass is 35.6. The Morgan fingerprint density at radius 2 is 2.00 bits per heavy atom. The number of carbonyl (C=O) groups is 1. The van der Waals surface area contributed by atoms with E-state index in [9.17, 15) is 4.79 Å². The van der Waals surface area contributed by atoms with Gasteiger partial charge in [0.05, 0.1) is 12.7 Å². The summed E-state index contributed by atoms with van der Waals surface area (Å²) in [5.74, 6) is -0.733. The van der Waals surface area contributed by atoms with Gasteiger partial charge in [-0.3, -0.25) is 0 Å². The molecule has 1 aromatic rings. The molecule has 0 heterocycles. The van der Waals surface area contributed by atoms with Crippen LogP contribution >= 0.6 is 46.4 Å². The number of hydrogen-bond donors (Lipinski definition) is 1. The minimum Gasteiger partial charge on any atom is -0.496 e. The minimum absolute atomic E-state index is 0.0423. The Bertz CT molecular complexity index is 428. The molecule has 17 heavy (non-hydrogen) atoms. The van der Waals surface area contributed by atoms with Crippen molar-refractivity contribution >= 4 is 52.4 Å². The molecule has 7 heteroatoms. The molecule has 3 nitrogen and oxygen atoms in total. The highest BCUT2D eigenvalue weighted by Crippen LogP contribution is 2.47. The van der Waals surface area contributed by atoms with Gasteiger partial charge in [0.2, 0.25) is 3.79 Å². The Labute approximate surface area is 118 Å². The van der Waals surface area contributed by atoms with Gasteiger partial charge < -0.3 is 9.84 Å². The largest absolute Gasteiger partial charge is 0.496 e. The van der Waals surface area contributed by atoms with Gasteiger partial charge in [-0.1, -0.05) is 34.8 Å². The quantitative estimate of drug-likeness (QED) is 0.856. The Hall–Kier alpha value is -0.350. The number of hydrogen-bond acceptors (Lipinski definition) is 2. The molecule has 0 amide bonds. The number of methoxy groups -OCH3 is 1. The highest BCUT2D eigenvalue weighted by molar-refractivity contribution is 6.70. The molecule has 1 unspecified atom stereocenters. The Kier molecular flexibility index (Phi) is 4.78. The van der Waals surface area contributed by atoms with Crippen molar-refractivity contribution in [2.45, 2.75) is 9.17 Å². The number of halogens is 4. The maximum absolute atomic E-state index is 10.8. The first-order valence-corrected chi connectivity index (χ1v) is 5.96. The van der Waals surface area contributed by atoms with E-state index < -0.39 is 15.1 Å². The van der Waals surface area contributed by atoms with Crippen LogP contribution in [0.3, 0.4) is 0 Å². The fourth-order valence-electron chi connectivity index (χ4n) is 1.24. The van der Waals surface area contributed by atoms with E-state index in [4.69, 9.17) is 56.2 Å². The van der Waals surface area contributed by atoms with Crippen molar-refractivity contribution in [2.24, 2.45) is 0 Å². The maximum atomic E-state index is 10.8. The Balaban J connectivity index is 3.28. The van der Waals surface area contributed by atoms with Crippen molar-refractivity contribution < 1.29 is 14.6 Å². The number of rotatable bonds is 3. The van der Waals surface area contributed by atoms with E-state index in [0.717, 1.165) is 0 Å². The van der Waals surface area contributed by atoms with Crippen molar-refractivity contribution in [2.75, 3.05) is 7.11 Å². The lowest BCUT2D eigenvalue weighted by Crippen LogP contribution is -2.13. The molecule has 0 saturated carbocycles. The summed E-state index contributed by atoms with van der Waals surface area (Å²) in [4.78, 5) is 10.8. The summed E-state index contributed by atoms with van der Waals surface area (Å²) in [7, 11) is 1.42. The highest BCUT2D eigenvalue weighted by Gasteiger charge is 2.34. The van der Waals surface area contributed by atoms with Gasteiger partial charge in [-0.05, 0) is 18.2 Å². The first-order chi connectivity index (χ1) is 7.77. The van der Waals surface area contributed by atoms with Gasteiger partial charge in [-0.15, -0.1) is 11.6 Å². The van der Waals surface area contributed by atoms with Crippen molar-refractivity contribution in [1.29, 1.82) is 0 Å². The van der Waals surface area contributed by atoms with E-state index in [1.807, 2.05) is 0 Å². The molecule has 0 radical (unpaired) electrons. The Morgan fingerprint density at radius 3 is 2.41 bits per heavy atom. The summed E-state index contributed by atoms with van der Waals surface area (Å²) in [6.07, 6.45) is 0. The third-order valence-electron chi connectivity index (χ3n) is 2.04. The summed E-state index contributed by atoms with van der Waals surface area (Å²) in [6.45, 7) is 0. The zero-order valence-electron chi connectivity index (χ0n) is 8.58. The molecule has 0 bridgehead atoms. The molecule has 0 aliphatic rings. The second-order valence-corrected chi connectivity index (χ2v) is 5.97. The smallest absolute Gasteiger partial charge is 0.335 e. The van der Waals surface area contributed by atoms with Gasteiger partial charge in [0.25, 0.3) is 0 Å².